The van der Waals surface area contributed by atoms with Gasteiger partial charge in [0.25, 0.3) is 0 Å². The Hall–Kier alpha value is -3.71. The van der Waals surface area contributed by atoms with Crippen LogP contribution in [-0.4, -0.2) is 34.1 Å². The molecule has 8 heteroatoms. The number of nitrogens with zero attached hydrogens (tertiary/aromatic N) is 3. The highest BCUT2D eigenvalue weighted by atomic mass is 35.5. The first-order valence-electron chi connectivity index (χ1n) is 10.1. The van der Waals surface area contributed by atoms with Crippen molar-refractivity contribution in [2.24, 2.45) is 0 Å². The number of benzene rings is 2. The molecule has 160 valence electrons. The number of anilines is 1. The van der Waals surface area contributed by atoms with Crippen LogP contribution in [0.4, 0.5) is 10.1 Å². The van der Waals surface area contributed by atoms with Crippen LogP contribution in [0.5, 0.6) is 11.5 Å². The fraction of sp³-hybridized carbons (Fsp3) is 0.125. The second-order valence-corrected chi connectivity index (χ2v) is 7.95. The maximum absolute atomic E-state index is 14.8. The number of H-pyrrole nitrogens is 1. The van der Waals surface area contributed by atoms with Crippen molar-refractivity contribution in [3.05, 3.63) is 78.0 Å². The average Bonchev–Trinajstić information content (AvgIpc) is 3.47. The van der Waals surface area contributed by atoms with Crippen LogP contribution in [0.15, 0.2) is 67.1 Å². The Balaban J connectivity index is 1.45. The van der Waals surface area contributed by atoms with E-state index in [1.807, 2.05) is 11.0 Å². The van der Waals surface area contributed by atoms with Crippen LogP contribution in [0.2, 0.25) is 5.02 Å². The van der Waals surface area contributed by atoms with Gasteiger partial charge < -0.3 is 9.64 Å². The highest BCUT2D eigenvalue weighted by Crippen LogP contribution is 2.35. The third-order valence-electron chi connectivity index (χ3n) is 5.29. The maximum Gasteiger partial charge on any atom is 0.153 e. The van der Waals surface area contributed by atoms with Gasteiger partial charge in [-0.3, -0.25) is 14.9 Å². The zero-order valence-electron chi connectivity index (χ0n) is 16.9. The molecule has 1 saturated heterocycles. The molecule has 1 N–H and O–H groups in total. The van der Waals surface area contributed by atoms with Crippen LogP contribution in [0.25, 0.3) is 22.4 Å². The van der Waals surface area contributed by atoms with Gasteiger partial charge in [-0.2, -0.15) is 5.10 Å². The van der Waals surface area contributed by atoms with Crippen molar-refractivity contribution in [1.29, 1.82) is 0 Å². The number of Topliss-reactive ketones (excluding diaryl/α,β-unsaturated/α-hetero) is 1. The highest BCUT2D eigenvalue weighted by Gasteiger charge is 2.21. The van der Waals surface area contributed by atoms with E-state index in [0.717, 1.165) is 11.3 Å². The summed E-state index contributed by atoms with van der Waals surface area (Å²) in [5.74, 6) is 0.830. The minimum Gasteiger partial charge on any atom is -0.457 e. The molecule has 0 unspecified atom stereocenters. The van der Waals surface area contributed by atoms with E-state index in [0.29, 0.717) is 52.9 Å². The monoisotopic (exact) mass is 448 g/mol. The van der Waals surface area contributed by atoms with Gasteiger partial charge in [0.2, 0.25) is 0 Å². The average molecular weight is 449 g/mol. The van der Waals surface area contributed by atoms with E-state index in [9.17, 15) is 9.18 Å². The first-order valence-corrected chi connectivity index (χ1v) is 10.4. The Morgan fingerprint density at radius 3 is 2.72 bits per heavy atom. The van der Waals surface area contributed by atoms with Crippen molar-refractivity contribution < 1.29 is 13.9 Å². The lowest BCUT2D eigenvalue weighted by Crippen LogP contribution is -2.19. The number of rotatable bonds is 5. The second kappa shape index (κ2) is 8.43. The van der Waals surface area contributed by atoms with Crippen molar-refractivity contribution >= 4 is 23.1 Å². The SMILES string of the molecule is O=C1CCN(c2cc(Cl)cc(-c3cc(Oc4ccnc(-c5cn[nH]c5)c4)ccc3F)c2)C1. The molecule has 0 bridgehead atoms. The molecule has 0 amide bonds. The van der Waals surface area contributed by atoms with E-state index >= 15 is 0 Å². The first-order chi connectivity index (χ1) is 15.5. The molecule has 32 heavy (non-hydrogen) atoms. The number of pyridine rings is 1. The lowest BCUT2D eigenvalue weighted by Gasteiger charge is -2.18. The number of aromatic nitrogens is 3. The predicted molar refractivity (Wildman–Crippen MR) is 121 cm³/mol. The highest BCUT2D eigenvalue weighted by molar-refractivity contribution is 6.31. The van der Waals surface area contributed by atoms with E-state index in [2.05, 4.69) is 15.2 Å². The van der Waals surface area contributed by atoms with Gasteiger partial charge >= 0.3 is 0 Å². The Labute approximate surface area is 188 Å². The van der Waals surface area contributed by atoms with Gasteiger partial charge in [0.1, 0.15) is 17.3 Å². The minimum absolute atomic E-state index is 0.181. The van der Waals surface area contributed by atoms with Crippen LogP contribution in [0, 0.1) is 5.82 Å². The minimum atomic E-state index is -0.392. The van der Waals surface area contributed by atoms with Gasteiger partial charge in [-0.1, -0.05) is 11.6 Å². The fourth-order valence-corrected chi connectivity index (χ4v) is 3.94. The second-order valence-electron chi connectivity index (χ2n) is 7.52. The molecule has 0 atom stereocenters. The molecule has 0 spiro atoms. The number of halogens is 2. The Kier molecular flexibility index (Phi) is 5.33. The molecule has 0 aliphatic carbocycles. The molecular formula is C24H18ClFN4O2. The molecule has 2 aromatic carbocycles. The number of carbonyl (C=O) groups is 1. The summed E-state index contributed by atoms with van der Waals surface area (Å²) in [6.45, 7) is 0.970. The van der Waals surface area contributed by atoms with E-state index < -0.39 is 5.82 Å². The topological polar surface area (TPSA) is 71.1 Å². The number of hydrogen-bond donors (Lipinski definition) is 1. The number of hydrogen-bond acceptors (Lipinski definition) is 5. The fourth-order valence-electron chi connectivity index (χ4n) is 3.71. The maximum atomic E-state index is 14.8. The van der Waals surface area contributed by atoms with Gasteiger partial charge in [-0.25, -0.2) is 4.39 Å². The summed E-state index contributed by atoms with van der Waals surface area (Å²) in [5.41, 5.74) is 3.31. The zero-order chi connectivity index (χ0) is 22.1. The van der Waals surface area contributed by atoms with Crippen LogP contribution in [0.1, 0.15) is 6.42 Å². The summed E-state index contributed by atoms with van der Waals surface area (Å²) in [6, 6.07) is 13.4. The standard InChI is InChI=1S/C24H18ClFN4O2/c25-17-7-15(8-18(9-17)30-6-4-19(31)14-30)22-10-20(1-2-23(22)26)32-21-3-5-27-24(11-21)16-12-28-29-13-16/h1-3,5,7-13H,4,6,14H2,(H,28,29). The van der Waals surface area contributed by atoms with E-state index in [4.69, 9.17) is 16.3 Å². The summed E-state index contributed by atoms with van der Waals surface area (Å²) in [6.07, 6.45) is 5.56. The summed E-state index contributed by atoms with van der Waals surface area (Å²) in [4.78, 5) is 17.9. The number of nitrogens with one attached hydrogen (secondary N) is 1. The quantitative estimate of drug-likeness (QED) is 0.436. The predicted octanol–water partition coefficient (Wildman–Crippen LogP) is 5.50. The molecule has 1 fully saturated rings. The van der Waals surface area contributed by atoms with Crippen molar-refractivity contribution in [3.8, 4) is 33.9 Å². The van der Waals surface area contributed by atoms with E-state index in [1.165, 1.54) is 6.07 Å². The first kappa shape index (κ1) is 20.2. The summed E-state index contributed by atoms with van der Waals surface area (Å²) >= 11 is 6.32. The number of ketones is 1. The normalized spacial score (nSPS) is 13.6. The summed E-state index contributed by atoms with van der Waals surface area (Å²) < 4.78 is 20.7. The third kappa shape index (κ3) is 4.20. The molecule has 6 nitrogen and oxygen atoms in total. The van der Waals surface area contributed by atoms with Gasteiger partial charge in [0.15, 0.2) is 5.78 Å². The number of aromatic amines is 1. The van der Waals surface area contributed by atoms with Crippen molar-refractivity contribution in [3.63, 3.8) is 0 Å². The molecule has 0 saturated carbocycles. The van der Waals surface area contributed by atoms with Crippen molar-refractivity contribution in [1.82, 2.24) is 15.2 Å². The van der Waals surface area contributed by atoms with Crippen LogP contribution >= 0.6 is 11.6 Å². The third-order valence-corrected chi connectivity index (χ3v) is 5.50. The summed E-state index contributed by atoms with van der Waals surface area (Å²) in [7, 11) is 0. The Morgan fingerprint density at radius 1 is 1.06 bits per heavy atom. The van der Waals surface area contributed by atoms with Crippen LogP contribution in [-0.2, 0) is 4.79 Å². The molecule has 5 rings (SSSR count). The van der Waals surface area contributed by atoms with Crippen molar-refractivity contribution in [2.45, 2.75) is 6.42 Å². The van der Waals surface area contributed by atoms with Gasteiger partial charge in [0.05, 0.1) is 18.4 Å². The van der Waals surface area contributed by atoms with E-state index in [1.54, 1.807) is 55.0 Å². The van der Waals surface area contributed by atoms with Crippen LogP contribution in [0.3, 0.4) is 0 Å². The molecule has 3 heterocycles. The largest absolute Gasteiger partial charge is 0.457 e. The zero-order valence-corrected chi connectivity index (χ0v) is 17.6. The molecule has 4 aromatic rings. The van der Waals surface area contributed by atoms with Crippen LogP contribution < -0.4 is 9.64 Å². The van der Waals surface area contributed by atoms with E-state index in [-0.39, 0.29) is 5.78 Å². The molecule has 1 aliphatic heterocycles. The molecule has 2 aromatic heterocycles. The molecule has 1 aliphatic rings. The summed E-state index contributed by atoms with van der Waals surface area (Å²) in [5, 5.41) is 7.16. The molecule has 0 radical (unpaired) electrons. The molecular weight excluding hydrogens is 431 g/mol. The Morgan fingerprint density at radius 2 is 1.94 bits per heavy atom. The number of ether oxygens (including phenoxy) is 1. The number of carbonyl (C=O) groups excluding carboxylic acids is 1. The van der Waals surface area contributed by atoms with Crippen molar-refractivity contribution in [2.75, 3.05) is 18.0 Å². The Bertz CT molecular complexity index is 1290. The smallest absolute Gasteiger partial charge is 0.153 e. The van der Waals surface area contributed by atoms with Gasteiger partial charge in [0, 0.05) is 53.3 Å². The lowest BCUT2D eigenvalue weighted by atomic mass is 10.0. The lowest BCUT2D eigenvalue weighted by molar-refractivity contribution is -0.116. The van der Waals surface area contributed by atoms with Gasteiger partial charge in [-0.15, -0.1) is 0 Å². The van der Waals surface area contributed by atoms with Gasteiger partial charge in [-0.05, 0) is 48.0 Å².